The Hall–Kier alpha value is -0.286. The van der Waals surface area contributed by atoms with Crippen molar-refractivity contribution >= 4 is 38.6 Å². The van der Waals surface area contributed by atoms with Gasteiger partial charge in [0, 0.05) is 14.7 Å². The number of hydrogen-bond acceptors (Lipinski definition) is 4. The highest BCUT2D eigenvalue weighted by Crippen LogP contribution is 2.37. The number of aromatic nitrogens is 2. The number of rotatable bonds is 9. The molecule has 0 unspecified atom stereocenters. The van der Waals surface area contributed by atoms with Crippen molar-refractivity contribution in [2.45, 2.75) is 77.9 Å². The SMILES string of the molecule is CC(C)(C)[Si](C)(C)OCc1nc(Br)c(C=O)n1COCC[Si](C)(C)C. The van der Waals surface area contributed by atoms with Crippen molar-refractivity contribution in [1.29, 1.82) is 0 Å². The zero-order valence-electron chi connectivity index (χ0n) is 16.9. The van der Waals surface area contributed by atoms with Gasteiger partial charge in [0.25, 0.3) is 0 Å². The van der Waals surface area contributed by atoms with E-state index in [9.17, 15) is 4.79 Å². The first-order chi connectivity index (χ1) is 11.3. The standard InChI is InChI=1S/C17H33BrN2O3Si2/c1-17(2,3)25(7,8)23-12-15-19-16(18)14(11-21)20(15)13-22-9-10-24(4,5)6/h11H,9-10,12-13H2,1-8H3. The predicted molar refractivity (Wildman–Crippen MR) is 111 cm³/mol. The molecule has 0 N–H and O–H groups in total. The first-order valence-corrected chi connectivity index (χ1v) is 16.1. The number of imidazole rings is 1. The summed E-state index contributed by atoms with van der Waals surface area (Å²) in [6.07, 6.45) is 0.814. The van der Waals surface area contributed by atoms with E-state index in [-0.39, 0.29) is 5.04 Å². The quantitative estimate of drug-likeness (QED) is 0.292. The van der Waals surface area contributed by atoms with Gasteiger partial charge in [0.05, 0.1) is 6.61 Å². The monoisotopic (exact) mass is 448 g/mol. The van der Waals surface area contributed by atoms with Crippen LogP contribution < -0.4 is 0 Å². The molecule has 1 aromatic rings. The number of aldehydes is 1. The molecule has 5 nitrogen and oxygen atoms in total. The molecule has 0 atom stereocenters. The third-order valence-corrected chi connectivity index (χ3v) is 11.5. The van der Waals surface area contributed by atoms with Gasteiger partial charge in [-0.25, -0.2) is 4.98 Å². The molecule has 0 aromatic carbocycles. The highest BCUT2D eigenvalue weighted by Gasteiger charge is 2.37. The average molecular weight is 450 g/mol. The summed E-state index contributed by atoms with van der Waals surface area (Å²) in [6.45, 7) is 19.4. The smallest absolute Gasteiger partial charge is 0.192 e. The molecule has 0 bridgehead atoms. The fourth-order valence-electron chi connectivity index (χ4n) is 1.84. The van der Waals surface area contributed by atoms with Crippen LogP contribution in [0.4, 0.5) is 0 Å². The topological polar surface area (TPSA) is 53.3 Å². The van der Waals surface area contributed by atoms with E-state index >= 15 is 0 Å². The number of ether oxygens (including phenoxy) is 1. The van der Waals surface area contributed by atoms with E-state index in [1.165, 1.54) is 0 Å². The van der Waals surface area contributed by atoms with E-state index in [1.54, 1.807) is 0 Å². The van der Waals surface area contributed by atoms with Gasteiger partial charge in [0.1, 0.15) is 22.9 Å². The van der Waals surface area contributed by atoms with Crippen molar-refractivity contribution in [1.82, 2.24) is 9.55 Å². The maximum atomic E-state index is 11.4. The second kappa shape index (κ2) is 8.60. The maximum absolute atomic E-state index is 11.4. The van der Waals surface area contributed by atoms with E-state index in [4.69, 9.17) is 9.16 Å². The lowest BCUT2D eigenvalue weighted by Crippen LogP contribution is -2.40. The van der Waals surface area contributed by atoms with Crippen LogP contribution in [0.1, 0.15) is 37.1 Å². The zero-order chi connectivity index (χ0) is 19.5. The lowest BCUT2D eigenvalue weighted by molar-refractivity contribution is 0.0787. The van der Waals surface area contributed by atoms with Crippen molar-refractivity contribution in [3.8, 4) is 0 Å². The van der Waals surface area contributed by atoms with Gasteiger partial charge in [-0.05, 0) is 40.1 Å². The Morgan fingerprint density at radius 3 is 2.28 bits per heavy atom. The molecule has 1 aromatic heterocycles. The van der Waals surface area contributed by atoms with Crippen molar-refractivity contribution < 1.29 is 14.0 Å². The molecular formula is C17H33BrN2O3Si2. The van der Waals surface area contributed by atoms with Crippen LogP contribution in [0.5, 0.6) is 0 Å². The zero-order valence-corrected chi connectivity index (χ0v) is 20.5. The predicted octanol–water partition coefficient (Wildman–Crippen LogP) is 5.29. The van der Waals surface area contributed by atoms with Crippen LogP contribution in [-0.2, 0) is 22.5 Å². The maximum Gasteiger partial charge on any atom is 0.192 e. The first-order valence-electron chi connectivity index (χ1n) is 8.70. The average Bonchev–Trinajstić information content (AvgIpc) is 2.74. The molecule has 0 fully saturated rings. The van der Waals surface area contributed by atoms with Crippen LogP contribution in [0.2, 0.25) is 43.8 Å². The molecule has 1 heterocycles. The summed E-state index contributed by atoms with van der Waals surface area (Å²) >= 11 is 3.37. The Bertz CT molecular complexity index is 590. The summed E-state index contributed by atoms with van der Waals surface area (Å²) in [4.78, 5) is 15.9. The second-order valence-electron chi connectivity index (χ2n) is 9.15. The lowest BCUT2D eigenvalue weighted by Gasteiger charge is -2.36. The van der Waals surface area contributed by atoms with Gasteiger partial charge in [0.15, 0.2) is 14.6 Å². The van der Waals surface area contributed by atoms with Gasteiger partial charge in [0.2, 0.25) is 0 Å². The van der Waals surface area contributed by atoms with E-state index in [0.717, 1.165) is 18.2 Å². The minimum atomic E-state index is -1.88. The van der Waals surface area contributed by atoms with Crippen LogP contribution in [0.25, 0.3) is 0 Å². The van der Waals surface area contributed by atoms with Crippen LogP contribution in [-0.4, -0.2) is 38.8 Å². The summed E-state index contributed by atoms with van der Waals surface area (Å²) in [5.41, 5.74) is 0.502. The summed E-state index contributed by atoms with van der Waals surface area (Å²) < 4.78 is 14.4. The fraction of sp³-hybridized carbons (Fsp3) is 0.765. The molecular weight excluding hydrogens is 416 g/mol. The summed E-state index contributed by atoms with van der Waals surface area (Å²) in [5, 5.41) is 0.128. The normalized spacial score (nSPS) is 13.3. The molecule has 0 amide bonds. The molecule has 25 heavy (non-hydrogen) atoms. The van der Waals surface area contributed by atoms with Crippen molar-refractivity contribution in [3.63, 3.8) is 0 Å². The van der Waals surface area contributed by atoms with Crippen molar-refractivity contribution in [3.05, 3.63) is 16.1 Å². The minimum absolute atomic E-state index is 0.128. The van der Waals surface area contributed by atoms with E-state index in [1.807, 2.05) is 4.57 Å². The molecule has 8 heteroatoms. The van der Waals surface area contributed by atoms with Crippen molar-refractivity contribution in [2.24, 2.45) is 0 Å². The minimum Gasteiger partial charge on any atom is -0.409 e. The number of carbonyl (C=O) groups is 1. The van der Waals surface area contributed by atoms with Gasteiger partial charge in [-0.3, -0.25) is 9.36 Å². The molecule has 1 rings (SSSR count). The molecule has 0 aliphatic rings. The summed E-state index contributed by atoms with van der Waals surface area (Å²) in [5.74, 6) is 0.729. The molecule has 0 saturated carbocycles. The second-order valence-corrected chi connectivity index (χ2v) is 20.3. The number of halogens is 1. The van der Waals surface area contributed by atoms with Gasteiger partial charge < -0.3 is 9.16 Å². The summed E-state index contributed by atoms with van der Waals surface area (Å²) in [7, 11) is -3.02. The fourth-order valence-corrected chi connectivity index (χ4v) is 4.04. The van der Waals surface area contributed by atoms with Gasteiger partial charge in [-0.15, -0.1) is 0 Å². The molecule has 0 saturated heterocycles. The lowest BCUT2D eigenvalue weighted by atomic mass is 10.2. The Kier molecular flexibility index (Phi) is 7.83. The number of hydrogen-bond donors (Lipinski definition) is 0. The van der Waals surface area contributed by atoms with Gasteiger partial charge in [-0.1, -0.05) is 40.4 Å². The van der Waals surface area contributed by atoms with E-state index in [2.05, 4.69) is 74.4 Å². The Labute approximate surface area is 162 Å². The molecule has 144 valence electrons. The highest BCUT2D eigenvalue weighted by molar-refractivity contribution is 9.10. The molecule has 0 aliphatic heterocycles. The van der Waals surface area contributed by atoms with Crippen LogP contribution in [0.3, 0.4) is 0 Å². The molecule has 0 spiro atoms. The molecule has 0 radical (unpaired) electrons. The Morgan fingerprint density at radius 2 is 1.80 bits per heavy atom. The van der Waals surface area contributed by atoms with Crippen LogP contribution in [0, 0.1) is 0 Å². The molecule has 0 aliphatic carbocycles. The first kappa shape index (κ1) is 22.8. The third kappa shape index (κ3) is 6.75. The number of nitrogens with zero attached hydrogens (tertiary/aromatic N) is 2. The van der Waals surface area contributed by atoms with E-state index in [0.29, 0.717) is 30.2 Å². The van der Waals surface area contributed by atoms with E-state index < -0.39 is 16.4 Å². The Morgan fingerprint density at radius 1 is 1.20 bits per heavy atom. The Balaban J connectivity index is 2.85. The summed E-state index contributed by atoms with van der Waals surface area (Å²) in [6, 6.07) is 1.09. The van der Waals surface area contributed by atoms with Crippen LogP contribution in [0.15, 0.2) is 4.60 Å². The van der Waals surface area contributed by atoms with Crippen molar-refractivity contribution in [2.75, 3.05) is 6.61 Å². The van der Waals surface area contributed by atoms with Gasteiger partial charge in [-0.2, -0.15) is 0 Å². The largest absolute Gasteiger partial charge is 0.409 e. The highest BCUT2D eigenvalue weighted by atomic mass is 79.9. The number of carbonyl (C=O) groups excluding carboxylic acids is 1. The third-order valence-electron chi connectivity index (χ3n) is 4.74. The van der Waals surface area contributed by atoms with Gasteiger partial charge >= 0.3 is 0 Å². The van der Waals surface area contributed by atoms with Crippen LogP contribution >= 0.6 is 15.9 Å².